The van der Waals surface area contributed by atoms with Crippen LogP contribution in [0.25, 0.3) is 0 Å². The molecule has 0 radical (unpaired) electrons. The minimum atomic E-state index is -0.161. The summed E-state index contributed by atoms with van der Waals surface area (Å²) in [5.41, 5.74) is 1.96. The second-order valence-corrected chi connectivity index (χ2v) is 6.13. The van der Waals surface area contributed by atoms with Gasteiger partial charge in [-0.25, -0.2) is 9.97 Å². The first-order valence-corrected chi connectivity index (χ1v) is 7.45. The van der Waals surface area contributed by atoms with E-state index >= 15 is 0 Å². The van der Waals surface area contributed by atoms with Gasteiger partial charge >= 0.3 is 0 Å². The van der Waals surface area contributed by atoms with Crippen LogP contribution in [0.5, 0.6) is 0 Å². The van der Waals surface area contributed by atoms with Gasteiger partial charge in [0.1, 0.15) is 0 Å². The Balaban J connectivity index is 1.96. The number of nitrogens with zero attached hydrogens (tertiary/aromatic N) is 4. The Morgan fingerprint density at radius 1 is 1.52 bits per heavy atom. The molecule has 3 heterocycles. The number of carbonyl (C=O) groups is 1. The van der Waals surface area contributed by atoms with Crippen molar-refractivity contribution in [2.75, 3.05) is 38.7 Å². The zero-order valence-electron chi connectivity index (χ0n) is 12.9. The summed E-state index contributed by atoms with van der Waals surface area (Å²) in [4.78, 5) is 25.0. The molecule has 6 nitrogen and oxygen atoms in total. The highest BCUT2D eigenvalue weighted by atomic mass is 16.5. The van der Waals surface area contributed by atoms with E-state index in [0.717, 1.165) is 30.2 Å². The maximum Gasteiger partial charge on any atom is 0.225 e. The highest BCUT2D eigenvalue weighted by Crippen LogP contribution is 2.39. The number of amides is 1. The van der Waals surface area contributed by atoms with Crippen molar-refractivity contribution >= 4 is 11.9 Å². The van der Waals surface area contributed by atoms with Crippen LogP contribution in [-0.2, 0) is 21.6 Å². The van der Waals surface area contributed by atoms with Gasteiger partial charge in [0.15, 0.2) is 0 Å². The second kappa shape index (κ2) is 5.26. The molecular formula is C15H22N4O2. The summed E-state index contributed by atoms with van der Waals surface area (Å²) >= 11 is 0. The van der Waals surface area contributed by atoms with Crippen LogP contribution in [0, 0.1) is 0 Å². The molecule has 0 aliphatic carbocycles. The number of anilines is 1. The molecule has 1 aromatic rings. The van der Waals surface area contributed by atoms with E-state index in [-0.39, 0.29) is 11.3 Å². The number of aromatic nitrogens is 2. The summed E-state index contributed by atoms with van der Waals surface area (Å²) < 4.78 is 5.76. The quantitative estimate of drug-likeness (QED) is 0.812. The maximum atomic E-state index is 12.0. The molecular weight excluding hydrogens is 268 g/mol. The molecule has 114 valence electrons. The summed E-state index contributed by atoms with van der Waals surface area (Å²) in [6, 6.07) is 0. The molecule has 1 atom stereocenters. The molecule has 1 saturated heterocycles. The highest BCUT2D eigenvalue weighted by molar-refractivity contribution is 5.76. The van der Waals surface area contributed by atoms with E-state index in [9.17, 15) is 4.79 Å². The predicted molar refractivity (Wildman–Crippen MR) is 79.2 cm³/mol. The van der Waals surface area contributed by atoms with Gasteiger partial charge in [0.25, 0.3) is 0 Å². The minimum Gasteiger partial charge on any atom is -0.376 e. The van der Waals surface area contributed by atoms with Crippen molar-refractivity contribution in [2.24, 2.45) is 0 Å². The molecule has 1 fully saturated rings. The van der Waals surface area contributed by atoms with Crippen molar-refractivity contribution < 1.29 is 9.53 Å². The van der Waals surface area contributed by atoms with Crippen LogP contribution >= 0.6 is 0 Å². The number of fused-ring (bicyclic) bond motifs is 2. The molecule has 2 aliphatic heterocycles. The first kappa shape index (κ1) is 14.3. The van der Waals surface area contributed by atoms with Crippen molar-refractivity contribution in [2.45, 2.75) is 31.8 Å². The van der Waals surface area contributed by atoms with Gasteiger partial charge in [-0.2, -0.15) is 0 Å². The molecule has 1 spiro atoms. The molecule has 6 heteroatoms. The van der Waals surface area contributed by atoms with E-state index < -0.39 is 0 Å². The molecule has 1 amide bonds. The van der Waals surface area contributed by atoms with Gasteiger partial charge in [0, 0.05) is 45.4 Å². The number of ether oxygens (including phenoxy) is 1. The average Bonchev–Trinajstić information content (AvgIpc) is 2.91. The molecule has 0 bridgehead atoms. The third kappa shape index (κ3) is 2.37. The van der Waals surface area contributed by atoms with Crippen molar-refractivity contribution in [3.8, 4) is 0 Å². The van der Waals surface area contributed by atoms with Crippen LogP contribution < -0.4 is 4.90 Å². The fourth-order valence-corrected chi connectivity index (χ4v) is 3.22. The van der Waals surface area contributed by atoms with E-state index in [2.05, 4.69) is 4.98 Å². The van der Waals surface area contributed by atoms with Crippen LogP contribution in [-0.4, -0.2) is 54.6 Å². The maximum absolute atomic E-state index is 12.0. The Labute approximate surface area is 125 Å². The Kier molecular flexibility index (Phi) is 3.57. The summed E-state index contributed by atoms with van der Waals surface area (Å²) in [5.74, 6) is 0.927. The Bertz CT molecular complexity index is 561. The fourth-order valence-electron chi connectivity index (χ4n) is 3.22. The van der Waals surface area contributed by atoms with E-state index in [1.807, 2.05) is 37.0 Å². The van der Waals surface area contributed by atoms with Crippen LogP contribution in [0.4, 0.5) is 5.95 Å². The first-order valence-electron chi connectivity index (χ1n) is 7.45. The lowest BCUT2D eigenvalue weighted by Gasteiger charge is -2.34. The topological polar surface area (TPSA) is 58.6 Å². The van der Waals surface area contributed by atoms with E-state index in [1.165, 1.54) is 0 Å². The van der Waals surface area contributed by atoms with Crippen LogP contribution in [0.2, 0.25) is 0 Å². The summed E-state index contributed by atoms with van der Waals surface area (Å²) in [5, 5.41) is 0. The Morgan fingerprint density at radius 2 is 2.33 bits per heavy atom. The van der Waals surface area contributed by atoms with E-state index in [0.29, 0.717) is 26.2 Å². The van der Waals surface area contributed by atoms with Gasteiger partial charge in [-0.3, -0.25) is 4.79 Å². The number of carbonyl (C=O) groups excluding carboxylic acids is 1. The molecule has 3 rings (SSSR count). The second-order valence-electron chi connectivity index (χ2n) is 6.13. The van der Waals surface area contributed by atoms with Gasteiger partial charge in [0.05, 0.1) is 24.3 Å². The summed E-state index contributed by atoms with van der Waals surface area (Å²) in [7, 11) is 3.88. The number of likely N-dealkylation sites (tertiary alicyclic amines) is 1. The lowest BCUT2D eigenvalue weighted by Crippen LogP contribution is -2.41. The van der Waals surface area contributed by atoms with Crippen molar-refractivity contribution in [1.29, 1.82) is 0 Å². The lowest BCUT2D eigenvalue weighted by atomic mass is 9.80. The number of hydrogen-bond acceptors (Lipinski definition) is 5. The summed E-state index contributed by atoms with van der Waals surface area (Å²) in [6.07, 6.45) is 3.33. The van der Waals surface area contributed by atoms with Gasteiger partial charge in [-0.05, 0) is 6.42 Å². The SMILES string of the molecule is CCC(=O)N1CC[C@@]2(COCc3cnc(N(C)C)nc32)C1. The summed E-state index contributed by atoms with van der Waals surface area (Å²) in [6.45, 7) is 4.60. The molecule has 2 aliphatic rings. The van der Waals surface area contributed by atoms with Crippen LogP contribution in [0.3, 0.4) is 0 Å². The van der Waals surface area contributed by atoms with Gasteiger partial charge < -0.3 is 14.5 Å². The van der Waals surface area contributed by atoms with E-state index in [1.54, 1.807) is 0 Å². The number of rotatable bonds is 2. The van der Waals surface area contributed by atoms with Crippen molar-refractivity contribution in [3.05, 3.63) is 17.5 Å². The van der Waals surface area contributed by atoms with Gasteiger partial charge in [-0.15, -0.1) is 0 Å². The standard InChI is InChI=1S/C15H22N4O2/c1-4-12(20)19-6-5-15(9-19)10-21-8-11-7-16-14(18(2)3)17-13(11)15/h7H,4-6,8-10H2,1-3H3/t15-/m0/s1. The van der Waals surface area contributed by atoms with Gasteiger partial charge in [0.2, 0.25) is 11.9 Å². The molecule has 0 aromatic carbocycles. The van der Waals surface area contributed by atoms with E-state index in [4.69, 9.17) is 9.72 Å². The molecule has 0 N–H and O–H groups in total. The largest absolute Gasteiger partial charge is 0.376 e. The first-order chi connectivity index (χ1) is 10.1. The van der Waals surface area contributed by atoms with Crippen LogP contribution in [0.15, 0.2) is 6.20 Å². The Hall–Kier alpha value is -1.69. The zero-order valence-corrected chi connectivity index (χ0v) is 12.9. The molecule has 1 aromatic heterocycles. The number of hydrogen-bond donors (Lipinski definition) is 0. The fraction of sp³-hybridized carbons (Fsp3) is 0.667. The lowest BCUT2D eigenvalue weighted by molar-refractivity contribution is -0.130. The molecule has 21 heavy (non-hydrogen) atoms. The van der Waals surface area contributed by atoms with Crippen molar-refractivity contribution in [1.82, 2.24) is 14.9 Å². The molecule has 0 saturated carbocycles. The predicted octanol–water partition coefficient (Wildman–Crippen LogP) is 0.953. The van der Waals surface area contributed by atoms with Crippen molar-refractivity contribution in [3.63, 3.8) is 0 Å². The normalized spacial score (nSPS) is 24.2. The Morgan fingerprint density at radius 3 is 3.05 bits per heavy atom. The molecule has 0 unspecified atom stereocenters. The third-order valence-electron chi connectivity index (χ3n) is 4.40. The zero-order chi connectivity index (χ0) is 15.0. The smallest absolute Gasteiger partial charge is 0.225 e. The third-order valence-corrected chi connectivity index (χ3v) is 4.40. The van der Waals surface area contributed by atoms with Gasteiger partial charge in [-0.1, -0.05) is 6.92 Å². The monoisotopic (exact) mass is 290 g/mol. The average molecular weight is 290 g/mol. The minimum absolute atomic E-state index is 0.161. The highest BCUT2D eigenvalue weighted by Gasteiger charge is 2.46. The van der Waals surface area contributed by atoms with Crippen LogP contribution in [0.1, 0.15) is 31.0 Å².